The highest BCUT2D eigenvalue weighted by atomic mass is 31.2. The van der Waals surface area contributed by atoms with Crippen molar-refractivity contribution < 1.29 is 42.0 Å². The maximum absolute atomic E-state index is 12.8. The third kappa shape index (κ3) is 7.21. The fourth-order valence-electron chi connectivity index (χ4n) is 2.19. The van der Waals surface area contributed by atoms with Crippen LogP contribution in [0.2, 0.25) is 0 Å². The summed E-state index contributed by atoms with van der Waals surface area (Å²) in [6.07, 6.45) is 1.33. The van der Waals surface area contributed by atoms with E-state index < -0.39 is 32.2 Å². The van der Waals surface area contributed by atoms with Gasteiger partial charge in [-0.15, -0.1) is 0 Å². The molecule has 0 spiro atoms. The van der Waals surface area contributed by atoms with Crippen LogP contribution in [-0.4, -0.2) is 43.8 Å². The molecule has 0 N–H and O–H groups in total. The van der Waals surface area contributed by atoms with Gasteiger partial charge in [-0.05, 0) is 19.9 Å². The molecule has 0 bridgehead atoms. The van der Waals surface area contributed by atoms with Crippen LogP contribution in [-0.2, 0) is 32.4 Å². The van der Waals surface area contributed by atoms with E-state index in [-0.39, 0.29) is 30.8 Å². The molecule has 0 radical (unpaired) electrons. The van der Waals surface area contributed by atoms with Crippen LogP contribution in [0.4, 0.5) is 0 Å². The fourth-order valence-corrected chi connectivity index (χ4v) is 3.63. The molecule has 0 aliphatic heterocycles. The van der Waals surface area contributed by atoms with Gasteiger partial charge in [-0.2, -0.15) is 0 Å². The molecule has 0 aromatic heterocycles. The van der Waals surface area contributed by atoms with E-state index in [9.17, 15) is 18.9 Å². The number of benzene rings is 1. The molecule has 9 nitrogen and oxygen atoms in total. The van der Waals surface area contributed by atoms with Crippen LogP contribution >= 0.6 is 7.82 Å². The largest absolute Gasteiger partial charge is 0.478 e. The second-order valence-corrected chi connectivity index (χ2v) is 7.14. The maximum Gasteiger partial charge on any atom is 0.478 e. The Morgan fingerprint density at radius 1 is 1.14 bits per heavy atom. The minimum Gasteiger partial charge on any atom is -0.455 e. The molecule has 1 aromatic carbocycles. The number of aldehydes is 1. The van der Waals surface area contributed by atoms with Gasteiger partial charge < -0.3 is 9.47 Å². The van der Waals surface area contributed by atoms with E-state index in [1.807, 2.05) is 0 Å². The number of carbonyl (C=O) groups is 3. The average molecular weight is 428 g/mol. The minimum absolute atomic E-state index is 0.00102. The lowest BCUT2D eigenvalue weighted by atomic mass is 10.1. The lowest BCUT2D eigenvalue weighted by Gasteiger charge is -2.33. The van der Waals surface area contributed by atoms with Crippen molar-refractivity contribution in [3.05, 3.63) is 48.0 Å². The molecule has 1 rings (SSSR count). The van der Waals surface area contributed by atoms with Crippen molar-refractivity contribution in [3.8, 4) is 0 Å². The third-order valence-corrected chi connectivity index (χ3v) is 5.28. The Kier molecular flexibility index (Phi) is 9.91. The van der Waals surface area contributed by atoms with Crippen LogP contribution in [0.15, 0.2) is 36.9 Å². The average Bonchev–Trinajstić information content (AvgIpc) is 2.71. The van der Waals surface area contributed by atoms with Crippen molar-refractivity contribution in [1.29, 1.82) is 0 Å². The predicted octanol–water partition coefficient (Wildman–Crippen LogP) is 3.69. The molecule has 0 heterocycles. The Bertz CT molecular complexity index is 767. The summed E-state index contributed by atoms with van der Waals surface area (Å²) in [4.78, 5) is 35.4. The Morgan fingerprint density at radius 3 is 2.28 bits per heavy atom. The molecule has 1 aromatic rings. The Balaban J connectivity index is 3.15. The summed E-state index contributed by atoms with van der Waals surface area (Å²) in [5, 5.41) is 0. The van der Waals surface area contributed by atoms with E-state index in [0.717, 1.165) is 6.08 Å². The molecular weight excluding hydrogens is 403 g/mol. The smallest absolute Gasteiger partial charge is 0.455 e. The third-order valence-electron chi connectivity index (χ3n) is 3.58. The second kappa shape index (κ2) is 11.6. The van der Waals surface area contributed by atoms with Gasteiger partial charge in [0.1, 0.15) is 0 Å². The quantitative estimate of drug-likeness (QED) is 0.152. The van der Waals surface area contributed by atoms with Gasteiger partial charge in [0, 0.05) is 18.1 Å². The number of carbonyl (C=O) groups excluding carboxylic acids is 3. The zero-order chi connectivity index (χ0) is 21.9. The molecule has 0 amide bonds. The number of phosphoric acid groups is 1. The normalized spacial score (nSPS) is 13.2. The van der Waals surface area contributed by atoms with Gasteiger partial charge in [-0.1, -0.05) is 31.7 Å². The zero-order valence-corrected chi connectivity index (χ0v) is 17.5. The molecule has 0 saturated heterocycles. The van der Waals surface area contributed by atoms with Crippen LogP contribution in [0.3, 0.4) is 0 Å². The summed E-state index contributed by atoms with van der Waals surface area (Å²) in [5.41, 5.74) is 0.137. The van der Waals surface area contributed by atoms with Crippen LogP contribution in [0.25, 0.3) is 0 Å². The van der Waals surface area contributed by atoms with E-state index >= 15 is 0 Å². The molecule has 0 saturated carbocycles. The first-order valence-electron chi connectivity index (χ1n) is 8.95. The Labute approximate surface area is 169 Å². The van der Waals surface area contributed by atoms with Crippen LogP contribution < -0.4 is 0 Å². The van der Waals surface area contributed by atoms with Gasteiger partial charge in [-0.25, -0.2) is 18.7 Å². The van der Waals surface area contributed by atoms with Gasteiger partial charge in [0.2, 0.25) is 0 Å². The maximum atomic E-state index is 12.8. The van der Waals surface area contributed by atoms with Gasteiger partial charge >= 0.3 is 19.8 Å². The Morgan fingerprint density at radius 2 is 1.76 bits per heavy atom. The number of phosphoric ester groups is 1. The Hall–Kier alpha value is -2.32. The number of esters is 2. The first-order chi connectivity index (χ1) is 13.8. The van der Waals surface area contributed by atoms with Crippen LogP contribution in [0.5, 0.6) is 0 Å². The molecule has 1 unspecified atom stereocenters. The fraction of sp³-hybridized carbons (Fsp3) is 0.421. The first kappa shape index (κ1) is 24.7. The first-order valence-corrected chi connectivity index (χ1v) is 10.4. The molecule has 0 aliphatic carbocycles. The summed E-state index contributed by atoms with van der Waals surface area (Å²) >= 11 is 0. The standard InChI is InChI=1S/C19H25O9P/c1-5-17(21)27-19(6-2,28-29(23,25-7-3)26-8-4)14-24-18(22)16-12-10-9-11-15(16)13-20/h5,9-13H,1,6-8,14H2,2-4H3. The van der Waals surface area contributed by atoms with Crippen molar-refractivity contribution in [2.45, 2.75) is 33.0 Å². The number of hydrogen-bond donors (Lipinski definition) is 0. The lowest BCUT2D eigenvalue weighted by molar-refractivity contribution is -0.213. The zero-order valence-electron chi connectivity index (χ0n) is 16.6. The highest BCUT2D eigenvalue weighted by Gasteiger charge is 2.44. The van der Waals surface area contributed by atoms with E-state index in [1.165, 1.54) is 12.1 Å². The van der Waals surface area contributed by atoms with Crippen molar-refractivity contribution in [2.75, 3.05) is 19.8 Å². The van der Waals surface area contributed by atoms with Crippen molar-refractivity contribution in [2.24, 2.45) is 0 Å². The van der Waals surface area contributed by atoms with E-state index in [2.05, 4.69) is 6.58 Å². The molecule has 160 valence electrons. The molecule has 10 heteroatoms. The van der Waals surface area contributed by atoms with E-state index in [1.54, 1.807) is 32.9 Å². The monoisotopic (exact) mass is 428 g/mol. The molecule has 0 fully saturated rings. The summed E-state index contributed by atoms with van der Waals surface area (Å²) in [6, 6.07) is 6.00. The van der Waals surface area contributed by atoms with E-state index in [4.69, 9.17) is 23.0 Å². The molecule has 1 atom stereocenters. The highest BCUT2D eigenvalue weighted by Crippen LogP contribution is 2.53. The lowest BCUT2D eigenvalue weighted by Crippen LogP contribution is -2.42. The second-order valence-electron chi connectivity index (χ2n) is 5.54. The number of ether oxygens (including phenoxy) is 2. The summed E-state index contributed by atoms with van der Waals surface area (Å²) < 4.78 is 38.8. The molecular formula is C19H25O9P. The van der Waals surface area contributed by atoms with Gasteiger partial charge in [0.25, 0.3) is 5.79 Å². The summed E-state index contributed by atoms with van der Waals surface area (Å²) in [7, 11) is -4.13. The molecule has 29 heavy (non-hydrogen) atoms. The SMILES string of the molecule is C=CC(=O)OC(CC)(COC(=O)c1ccccc1C=O)OP(=O)(OCC)OCC. The van der Waals surface area contributed by atoms with E-state index in [0.29, 0.717) is 6.29 Å². The summed E-state index contributed by atoms with van der Waals surface area (Å²) in [6.45, 7) is 7.40. The number of rotatable bonds is 13. The predicted molar refractivity (Wildman–Crippen MR) is 103 cm³/mol. The summed E-state index contributed by atoms with van der Waals surface area (Å²) in [5.74, 6) is -3.71. The van der Waals surface area contributed by atoms with Gasteiger partial charge in [0.15, 0.2) is 12.9 Å². The highest BCUT2D eigenvalue weighted by molar-refractivity contribution is 7.48. The van der Waals surface area contributed by atoms with Gasteiger partial charge in [0.05, 0.1) is 18.8 Å². The van der Waals surface area contributed by atoms with Crippen LogP contribution in [0, 0.1) is 0 Å². The topological polar surface area (TPSA) is 114 Å². The van der Waals surface area contributed by atoms with Crippen LogP contribution in [0.1, 0.15) is 47.9 Å². The molecule has 0 aliphatic rings. The van der Waals surface area contributed by atoms with Gasteiger partial charge in [-0.3, -0.25) is 13.8 Å². The number of hydrogen-bond acceptors (Lipinski definition) is 9. The van der Waals surface area contributed by atoms with Crippen molar-refractivity contribution in [3.63, 3.8) is 0 Å². The van der Waals surface area contributed by atoms with Crippen molar-refractivity contribution in [1.82, 2.24) is 0 Å². The van der Waals surface area contributed by atoms with Crippen molar-refractivity contribution >= 4 is 26.0 Å². The minimum atomic E-state index is -4.13.